The van der Waals surface area contributed by atoms with Gasteiger partial charge in [-0.05, 0) is 43.2 Å². The summed E-state index contributed by atoms with van der Waals surface area (Å²) in [5.74, 6) is 1.75. The topological polar surface area (TPSA) is 47.7 Å². The summed E-state index contributed by atoms with van der Waals surface area (Å²) in [6, 6.07) is 14.7. The highest BCUT2D eigenvalue weighted by Crippen LogP contribution is 2.28. The van der Waals surface area contributed by atoms with E-state index in [4.69, 9.17) is 15.2 Å². The molecule has 1 aliphatic heterocycles. The van der Waals surface area contributed by atoms with Crippen LogP contribution in [-0.4, -0.2) is 37.7 Å². The second-order valence-corrected chi connectivity index (χ2v) is 6.34. The van der Waals surface area contributed by atoms with Crippen LogP contribution in [0.25, 0.3) is 0 Å². The van der Waals surface area contributed by atoms with Gasteiger partial charge >= 0.3 is 0 Å². The molecule has 128 valence electrons. The van der Waals surface area contributed by atoms with E-state index in [0.717, 1.165) is 43.4 Å². The van der Waals surface area contributed by atoms with Crippen LogP contribution in [0.3, 0.4) is 0 Å². The van der Waals surface area contributed by atoms with Gasteiger partial charge in [0.1, 0.15) is 11.5 Å². The lowest BCUT2D eigenvalue weighted by atomic mass is 10.0. The minimum absolute atomic E-state index is 0.240. The Balaban J connectivity index is 1.72. The maximum atomic E-state index is 6.02. The molecule has 0 bridgehead atoms. The van der Waals surface area contributed by atoms with E-state index in [0.29, 0.717) is 6.54 Å². The van der Waals surface area contributed by atoms with Crippen LogP contribution < -0.4 is 10.5 Å². The molecular weight excluding hydrogens is 300 g/mol. The first-order valence-corrected chi connectivity index (χ1v) is 8.54. The zero-order valence-electron chi connectivity index (χ0n) is 14.5. The molecule has 1 heterocycles. The highest BCUT2D eigenvalue weighted by atomic mass is 16.5. The molecule has 0 amide bonds. The maximum absolute atomic E-state index is 6.02. The molecule has 1 aliphatic rings. The van der Waals surface area contributed by atoms with Gasteiger partial charge in [0, 0.05) is 25.7 Å². The molecule has 0 aliphatic carbocycles. The lowest BCUT2D eigenvalue weighted by Crippen LogP contribution is -2.41. The third-order valence-corrected chi connectivity index (χ3v) is 4.53. The van der Waals surface area contributed by atoms with Crippen LogP contribution in [0.2, 0.25) is 0 Å². The monoisotopic (exact) mass is 326 g/mol. The molecule has 1 saturated heterocycles. The van der Waals surface area contributed by atoms with Crippen LogP contribution in [0.1, 0.15) is 22.7 Å². The van der Waals surface area contributed by atoms with Gasteiger partial charge in [-0.2, -0.15) is 0 Å². The molecule has 2 aromatic rings. The number of aryl methyl sites for hydroxylation is 2. The molecule has 3 rings (SSSR count). The van der Waals surface area contributed by atoms with Crippen molar-refractivity contribution in [1.82, 2.24) is 4.90 Å². The number of benzene rings is 2. The second-order valence-electron chi connectivity index (χ2n) is 6.34. The smallest absolute Gasteiger partial charge is 0.130 e. The van der Waals surface area contributed by atoms with Gasteiger partial charge in [-0.1, -0.05) is 29.8 Å². The fourth-order valence-corrected chi connectivity index (χ4v) is 3.18. The number of nitrogens with zero attached hydrogens (tertiary/aromatic N) is 1. The number of rotatable bonds is 5. The molecule has 0 aromatic heterocycles. The number of hydrogen-bond donors (Lipinski definition) is 1. The van der Waals surface area contributed by atoms with E-state index in [2.05, 4.69) is 43.0 Å². The zero-order chi connectivity index (χ0) is 16.9. The number of hydrogen-bond acceptors (Lipinski definition) is 4. The van der Waals surface area contributed by atoms with Crippen molar-refractivity contribution in [2.24, 2.45) is 5.73 Å². The quantitative estimate of drug-likeness (QED) is 0.914. The number of ether oxygens (including phenoxy) is 2. The van der Waals surface area contributed by atoms with Gasteiger partial charge < -0.3 is 15.2 Å². The lowest BCUT2D eigenvalue weighted by molar-refractivity contribution is 0.0179. The summed E-state index contributed by atoms with van der Waals surface area (Å²) in [5.41, 5.74) is 9.63. The van der Waals surface area contributed by atoms with E-state index in [9.17, 15) is 0 Å². The molecular formula is C20H26N2O2. The fourth-order valence-electron chi connectivity index (χ4n) is 3.18. The predicted octanol–water partition coefficient (Wildman–Crippen LogP) is 3.43. The number of morpholine rings is 1. The predicted molar refractivity (Wildman–Crippen MR) is 96.6 cm³/mol. The third-order valence-electron chi connectivity index (χ3n) is 4.53. The van der Waals surface area contributed by atoms with Gasteiger partial charge in [0.05, 0.1) is 13.2 Å². The molecule has 4 nitrogen and oxygen atoms in total. The maximum Gasteiger partial charge on any atom is 0.130 e. The van der Waals surface area contributed by atoms with Gasteiger partial charge in [0.15, 0.2) is 0 Å². The van der Waals surface area contributed by atoms with Crippen molar-refractivity contribution in [3.8, 4) is 11.5 Å². The zero-order valence-corrected chi connectivity index (χ0v) is 14.5. The van der Waals surface area contributed by atoms with Crippen LogP contribution in [-0.2, 0) is 4.74 Å². The first-order valence-electron chi connectivity index (χ1n) is 8.54. The largest absolute Gasteiger partial charge is 0.457 e. The minimum Gasteiger partial charge on any atom is -0.457 e. The summed E-state index contributed by atoms with van der Waals surface area (Å²) in [5, 5.41) is 0. The third kappa shape index (κ3) is 3.96. The second kappa shape index (κ2) is 7.79. The van der Waals surface area contributed by atoms with Crippen LogP contribution >= 0.6 is 0 Å². The van der Waals surface area contributed by atoms with Crippen LogP contribution in [0.4, 0.5) is 0 Å². The fraction of sp³-hybridized carbons (Fsp3) is 0.400. The molecule has 2 aromatic carbocycles. The first-order chi connectivity index (χ1) is 11.7. The summed E-state index contributed by atoms with van der Waals surface area (Å²) in [4.78, 5) is 2.39. The van der Waals surface area contributed by atoms with Crippen LogP contribution in [0.5, 0.6) is 11.5 Å². The molecule has 1 unspecified atom stereocenters. The molecule has 0 saturated carbocycles. The van der Waals surface area contributed by atoms with Crippen molar-refractivity contribution in [2.45, 2.75) is 19.9 Å². The van der Waals surface area contributed by atoms with E-state index >= 15 is 0 Å². The summed E-state index contributed by atoms with van der Waals surface area (Å²) < 4.78 is 11.4. The van der Waals surface area contributed by atoms with Gasteiger partial charge in [-0.25, -0.2) is 0 Å². The summed E-state index contributed by atoms with van der Waals surface area (Å²) in [7, 11) is 0. The summed E-state index contributed by atoms with van der Waals surface area (Å²) in [6.45, 7) is 8.20. The Morgan fingerprint density at radius 1 is 1.08 bits per heavy atom. The van der Waals surface area contributed by atoms with Crippen LogP contribution in [0, 0.1) is 13.8 Å². The molecule has 2 N–H and O–H groups in total. The Bertz CT molecular complexity index is 664. The Hall–Kier alpha value is -1.88. The standard InChI is InChI=1S/C20H26N2O2/c1-15-3-8-20(16(2)13-15)24-18-6-4-17(5-7-18)19(14-21)22-9-11-23-12-10-22/h3-8,13,19H,9-12,14,21H2,1-2H3. The summed E-state index contributed by atoms with van der Waals surface area (Å²) in [6.07, 6.45) is 0. The van der Waals surface area contributed by atoms with E-state index in [1.54, 1.807) is 0 Å². The van der Waals surface area contributed by atoms with Crippen molar-refractivity contribution in [1.29, 1.82) is 0 Å². The van der Waals surface area contributed by atoms with E-state index in [-0.39, 0.29) is 6.04 Å². The van der Waals surface area contributed by atoms with Gasteiger partial charge in [0.25, 0.3) is 0 Å². The van der Waals surface area contributed by atoms with Gasteiger partial charge in [-0.3, -0.25) is 4.90 Å². The lowest BCUT2D eigenvalue weighted by Gasteiger charge is -2.34. The first kappa shape index (κ1) is 17.0. The van der Waals surface area contributed by atoms with E-state index < -0.39 is 0 Å². The molecule has 0 spiro atoms. The molecule has 1 fully saturated rings. The van der Waals surface area contributed by atoms with Crippen LogP contribution in [0.15, 0.2) is 42.5 Å². The van der Waals surface area contributed by atoms with E-state index in [1.165, 1.54) is 11.1 Å². The normalized spacial score (nSPS) is 16.8. The molecule has 4 heteroatoms. The van der Waals surface area contributed by atoms with Crippen molar-refractivity contribution < 1.29 is 9.47 Å². The SMILES string of the molecule is Cc1ccc(Oc2ccc(C(CN)N3CCOCC3)cc2)c(C)c1. The van der Waals surface area contributed by atoms with Crippen molar-refractivity contribution in [3.63, 3.8) is 0 Å². The van der Waals surface area contributed by atoms with Crippen molar-refractivity contribution in [2.75, 3.05) is 32.8 Å². The van der Waals surface area contributed by atoms with Gasteiger partial charge in [-0.15, -0.1) is 0 Å². The highest BCUT2D eigenvalue weighted by Gasteiger charge is 2.21. The van der Waals surface area contributed by atoms with Crippen molar-refractivity contribution >= 4 is 0 Å². The average Bonchev–Trinajstić information content (AvgIpc) is 2.60. The Morgan fingerprint density at radius 2 is 1.79 bits per heavy atom. The molecule has 0 radical (unpaired) electrons. The minimum atomic E-state index is 0.240. The van der Waals surface area contributed by atoms with E-state index in [1.807, 2.05) is 18.2 Å². The Labute approximate surface area is 144 Å². The van der Waals surface area contributed by atoms with Crippen molar-refractivity contribution in [3.05, 3.63) is 59.2 Å². The molecule has 1 atom stereocenters. The highest BCUT2D eigenvalue weighted by molar-refractivity contribution is 5.40. The van der Waals surface area contributed by atoms with Gasteiger partial charge in [0.2, 0.25) is 0 Å². The Morgan fingerprint density at radius 3 is 2.42 bits per heavy atom. The summed E-state index contributed by atoms with van der Waals surface area (Å²) >= 11 is 0. The Kier molecular flexibility index (Phi) is 5.51. The average molecular weight is 326 g/mol. The number of nitrogens with two attached hydrogens (primary N) is 1. The molecule has 24 heavy (non-hydrogen) atoms.